The summed E-state index contributed by atoms with van der Waals surface area (Å²) in [5.74, 6) is 0. The minimum atomic E-state index is -2.55. The second-order valence-electron chi connectivity index (χ2n) is 9.55. The molecule has 0 radical (unpaired) electrons. The van der Waals surface area contributed by atoms with Crippen LogP contribution < -0.4 is 15.9 Å². The Bertz CT molecular complexity index is 1470. The molecule has 0 unspecified atom stereocenters. The molecule has 0 fully saturated rings. The molecule has 39 heavy (non-hydrogen) atoms. The van der Waals surface area contributed by atoms with E-state index in [1.807, 2.05) is 0 Å². The summed E-state index contributed by atoms with van der Waals surface area (Å²) in [5, 5.41) is 3.69. The molecule has 0 saturated carbocycles. The Kier molecular flexibility index (Phi) is 7.09. The van der Waals surface area contributed by atoms with E-state index in [4.69, 9.17) is 4.74 Å². The van der Waals surface area contributed by atoms with Crippen molar-refractivity contribution < 1.29 is 0 Å². The summed E-state index contributed by atoms with van der Waals surface area (Å²) in [7, 11) is -2.55. The molecule has 0 aromatic heterocycles. The molecule has 0 atom stereocenters. The van der Waals surface area contributed by atoms with E-state index < -0.39 is 12.6 Å². The van der Waals surface area contributed by atoms with E-state index in [0.29, 0.717) is 0 Å². The molecule has 0 heterocycles. The normalized spacial score (nSPS) is 11.6. The zero-order valence-electron chi connectivity index (χ0n) is 21.7. The van der Waals surface area contributed by atoms with Crippen LogP contribution in [0.15, 0.2) is 187 Å². The van der Waals surface area contributed by atoms with E-state index in [1.165, 1.54) is 15.9 Å². The molecule has 0 aliphatic heterocycles. The third kappa shape index (κ3) is 4.56. The summed E-state index contributed by atoms with van der Waals surface area (Å²) >= 11 is 0. The fourth-order valence-corrected chi connectivity index (χ4v) is 9.34. The highest BCUT2D eigenvalue weighted by Gasteiger charge is 2.40. The Morgan fingerprint density at radius 2 is 0.538 bits per heavy atom. The highest BCUT2D eigenvalue weighted by atomic mass is 31.2. The van der Waals surface area contributed by atoms with Gasteiger partial charge in [-0.2, -0.15) is 0 Å². The molecule has 0 saturated heterocycles. The Balaban J connectivity index is 1.88. The van der Waals surface area contributed by atoms with Crippen LogP contribution in [-0.2, 0) is 5.54 Å². The number of nitrogens with zero attached hydrogens (tertiary/aromatic N) is 1. The van der Waals surface area contributed by atoms with Crippen LogP contribution in [0.25, 0.3) is 0 Å². The van der Waals surface area contributed by atoms with Crippen molar-refractivity contribution in [2.75, 3.05) is 0 Å². The zero-order chi connectivity index (χ0) is 26.4. The van der Waals surface area contributed by atoms with Gasteiger partial charge in [0, 0.05) is 15.9 Å². The predicted molar refractivity (Wildman–Crippen MR) is 167 cm³/mol. The van der Waals surface area contributed by atoms with Crippen molar-refractivity contribution in [2.45, 2.75) is 5.54 Å². The lowest BCUT2D eigenvalue weighted by molar-refractivity contribution is 0.665. The van der Waals surface area contributed by atoms with Crippen molar-refractivity contribution in [2.24, 2.45) is 4.74 Å². The Morgan fingerprint density at radius 3 is 0.795 bits per heavy atom. The summed E-state index contributed by atoms with van der Waals surface area (Å²) in [6, 6.07) is 64.9. The van der Waals surface area contributed by atoms with Crippen molar-refractivity contribution >= 4 is 23.0 Å². The molecular weight excluding hydrogens is 489 g/mol. The van der Waals surface area contributed by atoms with Gasteiger partial charge in [0.05, 0.1) is 7.05 Å². The fraction of sp³-hybridized carbons (Fsp3) is 0.0270. The summed E-state index contributed by atoms with van der Waals surface area (Å²) in [5.41, 5.74) is 2.69. The van der Waals surface area contributed by atoms with Crippen LogP contribution in [0.3, 0.4) is 0 Å². The topological polar surface area (TPSA) is 12.4 Å². The average molecular weight is 520 g/mol. The highest BCUT2D eigenvalue weighted by Crippen LogP contribution is 2.54. The van der Waals surface area contributed by atoms with Crippen molar-refractivity contribution in [3.05, 3.63) is 199 Å². The molecule has 2 heteroatoms. The van der Waals surface area contributed by atoms with Crippen LogP contribution >= 0.6 is 7.05 Å². The van der Waals surface area contributed by atoms with E-state index in [0.717, 1.165) is 16.7 Å². The third-order valence-electron chi connectivity index (χ3n) is 7.26. The molecular formula is C37H30NP. The van der Waals surface area contributed by atoms with Gasteiger partial charge in [-0.05, 0) is 16.7 Å². The van der Waals surface area contributed by atoms with Crippen LogP contribution in [0.4, 0.5) is 0 Å². The Labute approximate surface area is 231 Å². The van der Waals surface area contributed by atoms with Crippen LogP contribution in [0.1, 0.15) is 16.7 Å². The molecule has 1 nitrogen and oxygen atoms in total. The maximum Gasteiger partial charge on any atom is 0.135 e. The van der Waals surface area contributed by atoms with E-state index >= 15 is 0 Å². The highest BCUT2D eigenvalue weighted by molar-refractivity contribution is 7.87. The Morgan fingerprint density at radius 1 is 0.308 bits per heavy atom. The van der Waals surface area contributed by atoms with Crippen molar-refractivity contribution in [3.63, 3.8) is 0 Å². The first-order valence-corrected chi connectivity index (χ1v) is 15.1. The monoisotopic (exact) mass is 519 g/mol. The molecule has 6 rings (SSSR count). The van der Waals surface area contributed by atoms with Gasteiger partial charge in [-0.15, -0.1) is 0 Å². The number of benzene rings is 6. The molecule has 0 amide bonds. The molecule has 0 aliphatic rings. The van der Waals surface area contributed by atoms with E-state index in [9.17, 15) is 0 Å². The van der Waals surface area contributed by atoms with Gasteiger partial charge in [-0.1, -0.05) is 182 Å². The second-order valence-corrected chi connectivity index (χ2v) is 12.6. The lowest BCUT2D eigenvalue weighted by atomic mass is 9.78. The standard InChI is InChI=1S/C37H30NP/c1-7-19-31(20-8-1)37(32-21-9-2-10-22-32,33-23-11-3-12-24-33)38-39(34-25-13-4-14-26-34,35-27-15-5-16-28-35)36-29-17-6-18-30-36/h1-30H. The maximum absolute atomic E-state index is 6.27. The van der Waals surface area contributed by atoms with Crippen molar-refractivity contribution in [1.82, 2.24) is 0 Å². The van der Waals surface area contributed by atoms with Gasteiger partial charge in [0.2, 0.25) is 0 Å². The van der Waals surface area contributed by atoms with Crippen molar-refractivity contribution in [3.8, 4) is 0 Å². The summed E-state index contributed by atoms with van der Waals surface area (Å²) < 4.78 is 6.27. The third-order valence-corrected chi connectivity index (χ3v) is 11.0. The smallest absolute Gasteiger partial charge is 0.135 e. The average Bonchev–Trinajstić information content (AvgIpc) is 3.04. The van der Waals surface area contributed by atoms with Crippen molar-refractivity contribution in [1.29, 1.82) is 0 Å². The molecule has 0 aliphatic carbocycles. The number of rotatable bonds is 7. The van der Waals surface area contributed by atoms with Crippen LogP contribution in [-0.4, -0.2) is 0 Å². The SMILES string of the molecule is c1ccc(C(N=P(c2ccccc2)(c2ccccc2)c2ccccc2)(c2ccccc2)c2ccccc2)cc1. The molecule has 0 spiro atoms. The number of hydrogen-bond donors (Lipinski definition) is 0. The molecule has 188 valence electrons. The van der Waals surface area contributed by atoms with Gasteiger partial charge in [0.15, 0.2) is 0 Å². The second kappa shape index (κ2) is 11.1. The largest absolute Gasteiger partial charge is 0.269 e. The van der Waals surface area contributed by atoms with E-state index in [1.54, 1.807) is 0 Å². The minimum absolute atomic E-state index is 0.751. The first-order valence-electron chi connectivity index (χ1n) is 13.3. The lowest BCUT2D eigenvalue weighted by Gasteiger charge is -2.38. The first-order chi connectivity index (χ1) is 19.3. The Hall–Kier alpha value is -4.45. The molecule has 6 aromatic carbocycles. The van der Waals surface area contributed by atoms with Gasteiger partial charge >= 0.3 is 0 Å². The van der Waals surface area contributed by atoms with Gasteiger partial charge in [-0.25, -0.2) is 0 Å². The van der Waals surface area contributed by atoms with Gasteiger partial charge < -0.3 is 0 Å². The summed E-state index contributed by atoms with van der Waals surface area (Å²) in [6.45, 7) is 0. The van der Waals surface area contributed by atoms with E-state index in [-0.39, 0.29) is 0 Å². The number of hydrogen-bond acceptors (Lipinski definition) is 1. The maximum atomic E-state index is 6.27. The van der Waals surface area contributed by atoms with E-state index in [2.05, 4.69) is 182 Å². The first kappa shape index (κ1) is 24.9. The quantitative estimate of drug-likeness (QED) is 0.149. The van der Waals surface area contributed by atoms with Gasteiger partial charge in [0.25, 0.3) is 0 Å². The zero-order valence-corrected chi connectivity index (χ0v) is 22.6. The predicted octanol–water partition coefficient (Wildman–Crippen LogP) is 8.16. The molecule has 0 bridgehead atoms. The van der Waals surface area contributed by atoms with Gasteiger partial charge in [-0.3, -0.25) is 4.74 Å². The van der Waals surface area contributed by atoms with Gasteiger partial charge in [0.1, 0.15) is 5.54 Å². The van der Waals surface area contributed by atoms with Crippen LogP contribution in [0.2, 0.25) is 0 Å². The molecule has 0 N–H and O–H groups in total. The summed E-state index contributed by atoms with van der Waals surface area (Å²) in [4.78, 5) is 0. The van der Waals surface area contributed by atoms with Crippen LogP contribution in [0, 0.1) is 0 Å². The van der Waals surface area contributed by atoms with Crippen LogP contribution in [0.5, 0.6) is 0 Å². The summed E-state index contributed by atoms with van der Waals surface area (Å²) in [6.07, 6.45) is 0. The molecule has 6 aromatic rings. The minimum Gasteiger partial charge on any atom is -0.269 e. The lowest BCUT2D eigenvalue weighted by Crippen LogP contribution is -2.32. The fourth-order valence-electron chi connectivity index (χ4n) is 5.49.